The van der Waals surface area contributed by atoms with Gasteiger partial charge in [-0.1, -0.05) is 12.8 Å². The van der Waals surface area contributed by atoms with E-state index < -0.39 is 0 Å². The first kappa shape index (κ1) is 23.4. The summed E-state index contributed by atoms with van der Waals surface area (Å²) in [6, 6.07) is 7.36. The predicted octanol–water partition coefficient (Wildman–Crippen LogP) is 5.10. The summed E-state index contributed by atoms with van der Waals surface area (Å²) in [6.07, 6.45) is 8.33. The van der Waals surface area contributed by atoms with Gasteiger partial charge in [0, 0.05) is 67.6 Å². The number of ether oxygens (including phenoxy) is 1. The zero-order chi connectivity index (χ0) is 24.9. The zero-order valence-corrected chi connectivity index (χ0v) is 21.5. The van der Waals surface area contributed by atoms with Gasteiger partial charge >= 0.3 is 0 Å². The van der Waals surface area contributed by atoms with E-state index in [2.05, 4.69) is 43.7 Å². The van der Waals surface area contributed by atoms with Gasteiger partial charge in [0.25, 0.3) is 0 Å². The van der Waals surface area contributed by atoms with E-state index in [-0.39, 0.29) is 11.9 Å². The molecule has 7 nitrogen and oxygen atoms in total. The number of pyridine rings is 1. The summed E-state index contributed by atoms with van der Waals surface area (Å²) in [6.45, 7) is 9.28. The van der Waals surface area contributed by atoms with E-state index in [0.717, 1.165) is 42.1 Å². The van der Waals surface area contributed by atoms with Crippen molar-refractivity contribution >= 4 is 22.4 Å². The van der Waals surface area contributed by atoms with Crippen LogP contribution in [0.15, 0.2) is 30.5 Å². The fourth-order valence-corrected chi connectivity index (χ4v) is 6.25. The van der Waals surface area contributed by atoms with Gasteiger partial charge in [-0.2, -0.15) is 0 Å². The average Bonchev–Trinajstić information content (AvgIpc) is 3.47. The number of hydrogen-bond donors (Lipinski definition) is 0. The Balaban J connectivity index is 1.13. The van der Waals surface area contributed by atoms with Crippen LogP contribution in [0.2, 0.25) is 0 Å². The summed E-state index contributed by atoms with van der Waals surface area (Å²) < 4.78 is 21.0. The van der Waals surface area contributed by atoms with Crippen LogP contribution in [-0.4, -0.2) is 66.1 Å². The number of likely N-dealkylation sites (tertiary alicyclic amines) is 1. The Bertz CT molecular complexity index is 1250. The number of nitrogens with zero attached hydrogens (tertiary/aromatic N) is 6. The second kappa shape index (κ2) is 9.14. The topological polar surface area (TPSA) is 57.6 Å². The molecule has 2 fully saturated rings. The van der Waals surface area contributed by atoms with Crippen LogP contribution >= 0.6 is 0 Å². The molecule has 6 rings (SSSR count). The molecular weight excluding hydrogens is 455 g/mol. The zero-order valence-electron chi connectivity index (χ0n) is 21.5. The number of hydrogen-bond acceptors (Lipinski definition) is 7. The van der Waals surface area contributed by atoms with E-state index >= 15 is 4.39 Å². The van der Waals surface area contributed by atoms with Crippen molar-refractivity contribution in [3.8, 4) is 17.0 Å². The Labute approximate surface area is 212 Å². The fourth-order valence-electron chi connectivity index (χ4n) is 6.25. The lowest BCUT2D eigenvalue weighted by molar-refractivity contribution is 0.00330. The smallest absolute Gasteiger partial charge is 0.213 e. The molecule has 3 aromatic rings. The summed E-state index contributed by atoms with van der Waals surface area (Å²) >= 11 is 0. The Morgan fingerprint density at radius 3 is 2.64 bits per heavy atom. The molecule has 0 atom stereocenters. The summed E-state index contributed by atoms with van der Waals surface area (Å²) in [5, 5.41) is 9.56. The van der Waals surface area contributed by atoms with E-state index in [9.17, 15) is 0 Å². The summed E-state index contributed by atoms with van der Waals surface area (Å²) in [7, 11) is 2.00. The molecule has 8 heteroatoms. The van der Waals surface area contributed by atoms with Crippen molar-refractivity contribution in [3.05, 3.63) is 36.3 Å². The number of benzene rings is 1. The van der Waals surface area contributed by atoms with Gasteiger partial charge in [-0.05, 0) is 50.7 Å². The van der Waals surface area contributed by atoms with Gasteiger partial charge in [-0.3, -0.25) is 0 Å². The molecule has 3 aliphatic rings. The van der Waals surface area contributed by atoms with Crippen LogP contribution in [0.3, 0.4) is 0 Å². The van der Waals surface area contributed by atoms with Crippen LogP contribution < -0.4 is 14.5 Å². The third kappa shape index (κ3) is 4.15. The van der Waals surface area contributed by atoms with Gasteiger partial charge in [0.1, 0.15) is 5.82 Å². The third-order valence-corrected chi connectivity index (χ3v) is 8.14. The van der Waals surface area contributed by atoms with E-state index in [1.807, 2.05) is 25.2 Å². The van der Waals surface area contributed by atoms with Gasteiger partial charge in [-0.25, -0.2) is 9.37 Å². The molecular formula is C28H35FN6O. The molecule has 1 spiro atoms. The second-order valence-corrected chi connectivity index (χ2v) is 11.1. The van der Waals surface area contributed by atoms with Gasteiger partial charge in [0.05, 0.1) is 24.5 Å². The number of halogens is 1. The molecule has 1 saturated heterocycles. The van der Waals surface area contributed by atoms with Crippen molar-refractivity contribution < 1.29 is 9.13 Å². The minimum Gasteiger partial charge on any atom is -0.478 e. The highest BCUT2D eigenvalue weighted by Gasteiger charge is 2.43. The predicted molar refractivity (Wildman–Crippen MR) is 141 cm³/mol. The lowest BCUT2D eigenvalue weighted by Gasteiger charge is -2.48. The lowest BCUT2D eigenvalue weighted by Crippen LogP contribution is -2.55. The first-order chi connectivity index (χ1) is 17.4. The fraction of sp³-hybridized carbons (Fsp3) is 0.536. The molecule has 1 aliphatic carbocycles. The summed E-state index contributed by atoms with van der Waals surface area (Å²) in [4.78, 5) is 11.4. The summed E-state index contributed by atoms with van der Waals surface area (Å²) in [5.74, 6) is 1.08. The quantitative estimate of drug-likeness (QED) is 0.427. The minimum absolute atomic E-state index is 0.289. The van der Waals surface area contributed by atoms with E-state index in [4.69, 9.17) is 4.74 Å². The Hall–Kier alpha value is -3.00. The highest BCUT2D eigenvalue weighted by Crippen LogP contribution is 2.45. The summed E-state index contributed by atoms with van der Waals surface area (Å²) in [5.41, 5.74) is 3.44. The molecule has 0 radical (unpaired) electrons. The molecule has 36 heavy (non-hydrogen) atoms. The van der Waals surface area contributed by atoms with Crippen molar-refractivity contribution in [3.63, 3.8) is 0 Å². The maximum Gasteiger partial charge on any atom is 0.213 e. The molecule has 190 valence electrons. The number of aromatic nitrogens is 3. The van der Waals surface area contributed by atoms with E-state index in [1.165, 1.54) is 44.8 Å². The lowest BCUT2D eigenvalue weighted by atomic mass is 9.78. The Morgan fingerprint density at radius 1 is 1.11 bits per heavy atom. The molecule has 0 bridgehead atoms. The molecule has 0 unspecified atom stereocenters. The van der Waals surface area contributed by atoms with Crippen LogP contribution in [0.4, 0.5) is 15.9 Å². The highest BCUT2D eigenvalue weighted by molar-refractivity contribution is 6.00. The molecule has 1 aromatic carbocycles. The molecule has 4 heterocycles. The van der Waals surface area contributed by atoms with Crippen molar-refractivity contribution in [1.29, 1.82) is 0 Å². The van der Waals surface area contributed by atoms with Crippen LogP contribution in [0.5, 0.6) is 5.88 Å². The van der Waals surface area contributed by atoms with Crippen LogP contribution in [-0.2, 0) is 0 Å². The highest BCUT2D eigenvalue weighted by atomic mass is 19.1. The molecule has 2 aromatic heterocycles. The Morgan fingerprint density at radius 2 is 1.92 bits per heavy atom. The van der Waals surface area contributed by atoms with E-state index in [1.54, 1.807) is 6.20 Å². The standard InChI is InChI=1S/C28H35FN6O/c1-19(2)35-18-33(3)27-26(35)22-13-21(23(29)14-24(22)31-32-27)20-7-8-25(30-15-20)36-12-6-11-34-16-28(17-34)9-4-5-10-28/h7-8,13-15,19H,4-6,9-12,16-18H2,1-3H3. The second-order valence-electron chi connectivity index (χ2n) is 11.1. The maximum absolute atomic E-state index is 15.1. The average molecular weight is 491 g/mol. The molecule has 2 aliphatic heterocycles. The maximum atomic E-state index is 15.1. The van der Waals surface area contributed by atoms with E-state index in [0.29, 0.717) is 29.0 Å². The first-order valence-electron chi connectivity index (χ1n) is 13.2. The normalized spacial score (nSPS) is 18.9. The van der Waals surface area contributed by atoms with Crippen molar-refractivity contribution in [2.24, 2.45) is 5.41 Å². The van der Waals surface area contributed by atoms with Crippen molar-refractivity contribution in [1.82, 2.24) is 20.1 Å². The van der Waals surface area contributed by atoms with Gasteiger partial charge in [0.2, 0.25) is 5.88 Å². The Kier molecular flexibility index (Phi) is 5.94. The van der Waals surface area contributed by atoms with Crippen molar-refractivity contribution in [2.75, 3.05) is 49.8 Å². The van der Waals surface area contributed by atoms with Crippen LogP contribution in [0.1, 0.15) is 46.0 Å². The number of fused-ring (bicyclic) bond motifs is 3. The van der Waals surface area contributed by atoms with Crippen molar-refractivity contribution in [2.45, 2.75) is 52.0 Å². The van der Waals surface area contributed by atoms with Gasteiger partial charge in [-0.15, -0.1) is 10.2 Å². The minimum atomic E-state index is -0.329. The molecule has 1 saturated carbocycles. The van der Waals surface area contributed by atoms with Crippen LogP contribution in [0, 0.1) is 11.2 Å². The van der Waals surface area contributed by atoms with Crippen LogP contribution in [0.25, 0.3) is 22.0 Å². The monoisotopic (exact) mass is 490 g/mol. The number of rotatable bonds is 7. The first-order valence-corrected chi connectivity index (χ1v) is 13.2. The largest absolute Gasteiger partial charge is 0.478 e. The molecule has 0 N–H and O–H groups in total. The van der Waals surface area contributed by atoms with Gasteiger partial charge in [0.15, 0.2) is 5.82 Å². The van der Waals surface area contributed by atoms with Gasteiger partial charge < -0.3 is 19.4 Å². The number of anilines is 2. The molecule has 0 amide bonds. The SMILES string of the molecule is CC(C)N1CN(C)c2nnc3cc(F)c(-c4ccc(OCCCN5CC6(CCCC6)C5)nc4)cc3c21. The third-order valence-electron chi connectivity index (χ3n) is 8.14.